The molecule has 0 atom stereocenters. The lowest BCUT2D eigenvalue weighted by Gasteiger charge is -1.99. The summed E-state index contributed by atoms with van der Waals surface area (Å²) < 4.78 is 0. The summed E-state index contributed by atoms with van der Waals surface area (Å²) in [5, 5.41) is 10.3. The van der Waals surface area contributed by atoms with Crippen LogP contribution in [-0.4, -0.2) is 16.8 Å². The van der Waals surface area contributed by atoms with E-state index in [-0.39, 0.29) is 5.69 Å². The van der Waals surface area contributed by atoms with E-state index in [1.165, 1.54) is 31.3 Å². The SMILES string of the molecule is C[N+](=O)NNc1ccc([N+](=O)[O-])cc1. The third kappa shape index (κ3) is 2.70. The van der Waals surface area contributed by atoms with Crippen LogP contribution in [0.5, 0.6) is 0 Å². The maximum atomic E-state index is 10.4. The molecule has 2 N–H and O–H groups in total. The number of hydrogen-bond acceptors (Lipinski definition) is 4. The van der Waals surface area contributed by atoms with Gasteiger partial charge in [-0.05, 0) is 12.1 Å². The second-order valence-electron chi connectivity index (χ2n) is 2.54. The molecule has 0 aliphatic carbocycles. The Labute approximate surface area is 79.4 Å². The maximum Gasteiger partial charge on any atom is 0.269 e. The molecule has 0 fully saturated rings. The summed E-state index contributed by atoms with van der Waals surface area (Å²) in [7, 11) is 1.28. The van der Waals surface area contributed by atoms with Gasteiger partial charge in [0, 0.05) is 12.1 Å². The lowest BCUT2D eigenvalue weighted by molar-refractivity contribution is -0.575. The number of anilines is 1. The molecule has 7 nitrogen and oxygen atoms in total. The van der Waals surface area contributed by atoms with Gasteiger partial charge in [0.15, 0.2) is 0 Å². The predicted octanol–water partition coefficient (Wildman–Crippen LogP) is 0.835. The number of nitroso groups, excluding NO2 is 1. The van der Waals surface area contributed by atoms with E-state index in [0.29, 0.717) is 10.6 Å². The van der Waals surface area contributed by atoms with Crippen LogP contribution in [0.2, 0.25) is 0 Å². The molecule has 0 unspecified atom stereocenters. The van der Waals surface area contributed by atoms with Gasteiger partial charge in [-0.25, -0.2) is 5.43 Å². The molecule has 0 bridgehead atoms. The Bertz CT molecular complexity index is 348. The summed E-state index contributed by atoms with van der Waals surface area (Å²) in [5.41, 5.74) is 5.39. The molecule has 1 aromatic carbocycles. The van der Waals surface area contributed by atoms with Gasteiger partial charge in [0.2, 0.25) is 7.05 Å². The number of benzene rings is 1. The van der Waals surface area contributed by atoms with E-state index in [1.54, 1.807) is 0 Å². The average Bonchev–Trinajstić information content (AvgIpc) is 2.15. The van der Waals surface area contributed by atoms with Crippen LogP contribution in [0.25, 0.3) is 0 Å². The second kappa shape index (κ2) is 4.17. The molecule has 0 spiro atoms. The van der Waals surface area contributed by atoms with E-state index < -0.39 is 4.92 Å². The topological polar surface area (TPSA) is 87.3 Å². The number of nitrogens with zero attached hydrogens (tertiary/aromatic N) is 2. The molecule has 0 aromatic heterocycles. The Balaban J connectivity index is 2.64. The van der Waals surface area contributed by atoms with Crippen LogP contribution in [0.4, 0.5) is 11.4 Å². The minimum Gasteiger partial charge on any atom is -0.258 e. The lowest BCUT2D eigenvalue weighted by atomic mass is 10.3. The first kappa shape index (κ1) is 9.90. The first-order chi connectivity index (χ1) is 6.59. The molecule has 0 aliphatic rings. The van der Waals surface area contributed by atoms with Crippen molar-refractivity contribution in [3.63, 3.8) is 0 Å². The fraction of sp³-hybridized carbons (Fsp3) is 0.143. The van der Waals surface area contributed by atoms with Crippen molar-refractivity contribution in [2.45, 2.75) is 0 Å². The van der Waals surface area contributed by atoms with Gasteiger partial charge < -0.3 is 0 Å². The van der Waals surface area contributed by atoms with Gasteiger partial charge in [-0.1, -0.05) is 5.53 Å². The minimum atomic E-state index is -0.489. The minimum absolute atomic E-state index is 0.00558. The smallest absolute Gasteiger partial charge is 0.258 e. The summed E-state index contributed by atoms with van der Waals surface area (Å²) in [4.78, 5) is 20.7. The van der Waals surface area contributed by atoms with E-state index in [9.17, 15) is 15.0 Å². The zero-order valence-electron chi connectivity index (χ0n) is 7.43. The Morgan fingerprint density at radius 3 is 2.21 bits per heavy atom. The second-order valence-corrected chi connectivity index (χ2v) is 2.54. The maximum absolute atomic E-state index is 10.4. The molecule has 7 heteroatoms. The number of nitro groups is 1. The highest BCUT2D eigenvalue weighted by atomic mass is 16.6. The van der Waals surface area contributed by atoms with Gasteiger partial charge in [-0.15, -0.1) is 0 Å². The van der Waals surface area contributed by atoms with Crippen LogP contribution in [-0.2, 0) is 0 Å². The number of non-ortho nitro benzene ring substituents is 1. The van der Waals surface area contributed by atoms with E-state index in [2.05, 4.69) is 11.0 Å². The van der Waals surface area contributed by atoms with Gasteiger partial charge in [0.1, 0.15) is 4.87 Å². The summed E-state index contributed by atoms with van der Waals surface area (Å²) in [6, 6.07) is 5.67. The summed E-state index contributed by atoms with van der Waals surface area (Å²) in [5.74, 6) is 0. The van der Waals surface area contributed by atoms with Crippen LogP contribution in [0.3, 0.4) is 0 Å². The van der Waals surface area contributed by atoms with Crippen LogP contribution >= 0.6 is 0 Å². The van der Waals surface area contributed by atoms with Crippen molar-refractivity contribution in [1.82, 2.24) is 5.53 Å². The fourth-order valence-corrected chi connectivity index (χ4v) is 0.810. The van der Waals surface area contributed by atoms with Gasteiger partial charge in [0.05, 0.1) is 15.5 Å². The predicted molar refractivity (Wildman–Crippen MR) is 49.4 cm³/mol. The van der Waals surface area contributed by atoms with Crippen LogP contribution in [0.15, 0.2) is 24.3 Å². The molecule has 14 heavy (non-hydrogen) atoms. The first-order valence-corrected chi connectivity index (χ1v) is 3.76. The molecule has 0 saturated heterocycles. The van der Waals surface area contributed by atoms with Gasteiger partial charge in [-0.2, -0.15) is 0 Å². The van der Waals surface area contributed by atoms with Crippen LogP contribution < -0.4 is 11.0 Å². The van der Waals surface area contributed by atoms with E-state index in [0.717, 1.165) is 0 Å². The highest BCUT2D eigenvalue weighted by Gasteiger charge is 2.04. The van der Waals surface area contributed by atoms with E-state index in [4.69, 9.17) is 0 Å². The zero-order chi connectivity index (χ0) is 10.6. The molecule has 0 saturated carbocycles. The Hall–Kier alpha value is -2.18. The quantitative estimate of drug-likeness (QED) is 0.424. The number of nitro benzene ring substituents is 1. The monoisotopic (exact) mass is 197 g/mol. The first-order valence-electron chi connectivity index (χ1n) is 3.76. The highest BCUT2D eigenvalue weighted by molar-refractivity contribution is 5.47. The fourth-order valence-electron chi connectivity index (χ4n) is 0.810. The van der Waals surface area contributed by atoms with Gasteiger partial charge >= 0.3 is 0 Å². The third-order valence-corrected chi connectivity index (χ3v) is 1.44. The summed E-state index contributed by atoms with van der Waals surface area (Å²) in [6.45, 7) is 0. The molecule has 0 heterocycles. The lowest BCUT2D eigenvalue weighted by Crippen LogP contribution is -2.28. The standard InChI is InChI=1S/C7H9N4O3/c1-10(12)9-8-6-2-4-7(5-3-6)11(13)14/h2-5,8H,1H3,(H,9,12)/q+1. The van der Waals surface area contributed by atoms with Crippen molar-refractivity contribution in [2.75, 3.05) is 12.5 Å². The van der Waals surface area contributed by atoms with Gasteiger partial charge in [-0.3, -0.25) is 10.1 Å². The Morgan fingerprint density at radius 1 is 1.21 bits per heavy atom. The highest BCUT2D eigenvalue weighted by Crippen LogP contribution is 2.14. The van der Waals surface area contributed by atoms with Crippen LogP contribution in [0, 0.1) is 15.0 Å². The molecule has 1 aromatic rings. The molecule has 74 valence electrons. The molecule has 0 amide bonds. The molecule has 0 radical (unpaired) electrons. The van der Waals surface area contributed by atoms with Crippen molar-refractivity contribution < 1.29 is 9.79 Å². The largest absolute Gasteiger partial charge is 0.269 e. The van der Waals surface area contributed by atoms with Crippen molar-refractivity contribution in [3.05, 3.63) is 39.3 Å². The molecule has 0 aliphatic heterocycles. The number of hydrogen-bond donors (Lipinski definition) is 2. The van der Waals surface area contributed by atoms with Crippen molar-refractivity contribution in [2.24, 2.45) is 0 Å². The Kier molecular flexibility index (Phi) is 2.95. The summed E-state index contributed by atoms with van der Waals surface area (Å²) in [6.07, 6.45) is 0. The Morgan fingerprint density at radius 2 is 1.79 bits per heavy atom. The third-order valence-electron chi connectivity index (χ3n) is 1.44. The van der Waals surface area contributed by atoms with Gasteiger partial charge in [0.25, 0.3) is 5.69 Å². The number of rotatable bonds is 4. The van der Waals surface area contributed by atoms with Crippen molar-refractivity contribution >= 4 is 11.4 Å². The van der Waals surface area contributed by atoms with Crippen molar-refractivity contribution in [3.8, 4) is 0 Å². The molecular weight excluding hydrogens is 188 g/mol. The molecule has 1 rings (SSSR count). The van der Waals surface area contributed by atoms with E-state index >= 15 is 0 Å². The van der Waals surface area contributed by atoms with E-state index in [1.807, 2.05) is 0 Å². The van der Waals surface area contributed by atoms with Crippen molar-refractivity contribution in [1.29, 1.82) is 0 Å². The normalized spacial score (nSPS) is 9.21. The zero-order valence-corrected chi connectivity index (χ0v) is 7.43. The number of nitrogens with one attached hydrogen (secondary N) is 2. The average molecular weight is 197 g/mol. The summed E-state index contributed by atoms with van der Waals surface area (Å²) >= 11 is 0. The number of hydrazine groups is 2. The molecular formula is C7H9N4O3+. The van der Waals surface area contributed by atoms with Crippen LogP contribution in [0.1, 0.15) is 0 Å².